The molecule has 1 aliphatic carbocycles. The largest absolute Gasteiger partial charge is 0.439 e. The Morgan fingerprint density at radius 3 is 1.64 bits per heavy atom. The number of Topliss-reactive ketones (excluding diaryl/α,β-unsaturated/α-hetero) is 1. The molecule has 5 rings (SSSR count). The van der Waals surface area contributed by atoms with Crippen LogP contribution in [0.2, 0.25) is 0 Å². The molecule has 2 heterocycles. The first-order chi connectivity index (χ1) is 16.2. The molecule has 33 heavy (non-hydrogen) atoms. The number of ether oxygens (including phenoxy) is 2. The first kappa shape index (κ1) is 21.1. The van der Waals surface area contributed by atoms with Crippen LogP contribution in [0.3, 0.4) is 0 Å². The van der Waals surface area contributed by atoms with Crippen LogP contribution in [0.5, 0.6) is 11.5 Å². The number of allylic oxidation sites excluding steroid dienone is 6. The molecule has 2 aromatic carbocycles. The molecule has 0 unspecified atom stereocenters. The highest BCUT2D eigenvalue weighted by Crippen LogP contribution is 2.39. The zero-order valence-corrected chi connectivity index (χ0v) is 19.1. The van der Waals surface area contributed by atoms with Gasteiger partial charge in [-0.25, -0.2) is 0 Å². The van der Waals surface area contributed by atoms with Gasteiger partial charge in [0.2, 0.25) is 11.8 Å². The van der Waals surface area contributed by atoms with Gasteiger partial charge in [-0.3, -0.25) is 4.79 Å². The molecule has 0 saturated heterocycles. The van der Waals surface area contributed by atoms with E-state index in [1.54, 1.807) is 0 Å². The normalized spacial score (nSPS) is 22.2. The molecular formula is C28H28N2O3. The standard InChI is InChI=1S/C28H28N2O3/c1-3-29-22-12-5-7-14-24(22)32-26(29)18-16-20-10-9-11-21(28(20)31)17-19-27-30(4-2)23-13-6-8-15-25(23)33-27/h5-8,12-19H,3-4,9-11H2,1-2H3/b20-16+,21-17+,26-18-,27-19-. The minimum absolute atomic E-state index is 0.104. The van der Waals surface area contributed by atoms with Crippen molar-refractivity contribution in [2.75, 3.05) is 22.9 Å². The van der Waals surface area contributed by atoms with E-state index in [0.29, 0.717) is 0 Å². The second kappa shape index (κ2) is 9.02. The molecule has 168 valence electrons. The summed E-state index contributed by atoms with van der Waals surface area (Å²) < 4.78 is 12.0. The molecule has 0 atom stereocenters. The van der Waals surface area contributed by atoms with Crippen molar-refractivity contribution in [2.24, 2.45) is 0 Å². The van der Waals surface area contributed by atoms with Crippen molar-refractivity contribution in [2.45, 2.75) is 33.1 Å². The molecule has 0 bridgehead atoms. The van der Waals surface area contributed by atoms with Crippen molar-refractivity contribution in [3.05, 3.63) is 95.7 Å². The molecule has 0 aromatic heterocycles. The number of fused-ring (bicyclic) bond motifs is 2. The van der Waals surface area contributed by atoms with Gasteiger partial charge >= 0.3 is 0 Å². The summed E-state index contributed by atoms with van der Waals surface area (Å²) in [4.78, 5) is 17.4. The monoisotopic (exact) mass is 440 g/mol. The van der Waals surface area contributed by atoms with Gasteiger partial charge in [-0.05, 0) is 92.8 Å². The van der Waals surface area contributed by atoms with Gasteiger partial charge in [-0.1, -0.05) is 24.3 Å². The smallest absolute Gasteiger partial charge is 0.200 e. The minimum Gasteiger partial charge on any atom is -0.439 e. The number of nitrogens with zero attached hydrogens (tertiary/aromatic N) is 2. The van der Waals surface area contributed by atoms with Gasteiger partial charge in [0, 0.05) is 13.1 Å². The molecular weight excluding hydrogens is 412 g/mol. The van der Waals surface area contributed by atoms with Crippen LogP contribution in [-0.4, -0.2) is 18.9 Å². The SMILES string of the molecule is CCN1/C(=C/C=C2\CCC/C(=C\C=C3/Oc4ccccc4N3CC)C2=O)Oc2ccccc21. The highest BCUT2D eigenvalue weighted by Gasteiger charge is 2.26. The number of rotatable bonds is 4. The van der Waals surface area contributed by atoms with Crippen LogP contribution in [0.25, 0.3) is 0 Å². The van der Waals surface area contributed by atoms with Crippen LogP contribution in [-0.2, 0) is 4.79 Å². The number of carbonyl (C=O) groups excluding carboxylic acids is 1. The second-order valence-corrected chi connectivity index (χ2v) is 8.20. The lowest BCUT2D eigenvalue weighted by Gasteiger charge is -2.18. The Hall–Kier alpha value is -3.73. The van der Waals surface area contributed by atoms with Crippen molar-refractivity contribution in [1.29, 1.82) is 0 Å². The lowest BCUT2D eigenvalue weighted by atomic mass is 9.88. The van der Waals surface area contributed by atoms with Gasteiger partial charge in [0.05, 0.1) is 11.4 Å². The van der Waals surface area contributed by atoms with E-state index in [4.69, 9.17) is 9.47 Å². The van der Waals surface area contributed by atoms with E-state index in [2.05, 4.69) is 35.8 Å². The van der Waals surface area contributed by atoms with E-state index in [-0.39, 0.29) is 5.78 Å². The van der Waals surface area contributed by atoms with Crippen LogP contribution in [0.1, 0.15) is 33.1 Å². The van der Waals surface area contributed by atoms with Crippen LogP contribution in [0, 0.1) is 0 Å². The average molecular weight is 441 g/mol. The zero-order chi connectivity index (χ0) is 22.8. The number of hydrogen-bond acceptors (Lipinski definition) is 5. The predicted molar refractivity (Wildman–Crippen MR) is 131 cm³/mol. The van der Waals surface area contributed by atoms with Crippen molar-refractivity contribution < 1.29 is 14.3 Å². The fourth-order valence-electron chi connectivity index (χ4n) is 4.57. The molecule has 0 spiro atoms. The topological polar surface area (TPSA) is 42.0 Å². The maximum Gasteiger partial charge on any atom is 0.200 e. The summed E-state index contributed by atoms with van der Waals surface area (Å²) >= 11 is 0. The Morgan fingerprint density at radius 2 is 1.18 bits per heavy atom. The quantitative estimate of drug-likeness (QED) is 0.537. The minimum atomic E-state index is 0.104. The summed E-state index contributed by atoms with van der Waals surface area (Å²) in [6, 6.07) is 16.0. The first-order valence-corrected chi connectivity index (χ1v) is 11.6. The highest BCUT2D eigenvalue weighted by atomic mass is 16.5. The van der Waals surface area contributed by atoms with Gasteiger partial charge < -0.3 is 19.3 Å². The van der Waals surface area contributed by atoms with E-state index in [9.17, 15) is 4.79 Å². The number of carbonyl (C=O) groups is 1. The summed E-state index contributed by atoms with van der Waals surface area (Å²) in [5.74, 6) is 3.32. The predicted octanol–water partition coefficient (Wildman–Crippen LogP) is 6.11. The fraction of sp³-hybridized carbons (Fsp3) is 0.250. The lowest BCUT2D eigenvalue weighted by molar-refractivity contribution is -0.113. The van der Waals surface area contributed by atoms with E-state index < -0.39 is 0 Å². The number of benzene rings is 2. The summed E-state index contributed by atoms with van der Waals surface area (Å²) in [6.07, 6.45) is 10.2. The van der Waals surface area contributed by atoms with Crippen LogP contribution in [0.15, 0.2) is 95.7 Å². The van der Waals surface area contributed by atoms with Gasteiger partial charge in [0.25, 0.3) is 0 Å². The zero-order valence-electron chi connectivity index (χ0n) is 19.1. The third-order valence-corrected chi connectivity index (χ3v) is 6.24. The van der Waals surface area contributed by atoms with Gasteiger partial charge in [-0.15, -0.1) is 0 Å². The van der Waals surface area contributed by atoms with E-state index >= 15 is 0 Å². The molecule has 2 aromatic rings. The summed E-state index contributed by atoms with van der Waals surface area (Å²) in [5.41, 5.74) is 3.75. The molecule has 0 amide bonds. The van der Waals surface area contributed by atoms with E-state index in [0.717, 1.165) is 78.1 Å². The summed E-state index contributed by atoms with van der Waals surface area (Å²) in [5, 5.41) is 0. The third kappa shape index (κ3) is 3.95. The van der Waals surface area contributed by atoms with Crippen LogP contribution >= 0.6 is 0 Å². The van der Waals surface area contributed by atoms with Gasteiger partial charge in [0.1, 0.15) is 0 Å². The average Bonchev–Trinajstić information content (AvgIpc) is 3.39. The van der Waals surface area contributed by atoms with Crippen LogP contribution in [0.4, 0.5) is 11.4 Å². The molecule has 2 aliphatic heterocycles. The van der Waals surface area contributed by atoms with Crippen molar-refractivity contribution >= 4 is 17.2 Å². The number of ketones is 1. The Labute approximate surface area is 194 Å². The summed E-state index contributed by atoms with van der Waals surface area (Å²) in [7, 11) is 0. The Kier molecular flexibility index (Phi) is 5.78. The van der Waals surface area contributed by atoms with Crippen LogP contribution < -0.4 is 19.3 Å². The molecule has 0 radical (unpaired) electrons. The second-order valence-electron chi connectivity index (χ2n) is 8.20. The van der Waals surface area contributed by atoms with E-state index in [1.807, 2.05) is 60.7 Å². The lowest BCUT2D eigenvalue weighted by Crippen LogP contribution is -2.19. The maximum absolute atomic E-state index is 13.2. The van der Waals surface area contributed by atoms with E-state index in [1.165, 1.54) is 0 Å². The molecule has 5 nitrogen and oxygen atoms in total. The molecule has 0 N–H and O–H groups in total. The maximum atomic E-state index is 13.2. The highest BCUT2D eigenvalue weighted by molar-refractivity contribution is 6.09. The first-order valence-electron chi connectivity index (χ1n) is 11.6. The Morgan fingerprint density at radius 1 is 0.727 bits per heavy atom. The molecule has 5 heteroatoms. The number of hydrogen-bond donors (Lipinski definition) is 0. The fourth-order valence-corrected chi connectivity index (χ4v) is 4.57. The molecule has 1 fully saturated rings. The number of anilines is 2. The summed E-state index contributed by atoms with van der Waals surface area (Å²) in [6.45, 7) is 5.79. The molecule has 3 aliphatic rings. The van der Waals surface area contributed by atoms with Crippen molar-refractivity contribution in [3.8, 4) is 11.5 Å². The molecule has 1 saturated carbocycles. The number of para-hydroxylation sites is 4. The van der Waals surface area contributed by atoms with Gasteiger partial charge in [0.15, 0.2) is 17.3 Å². The van der Waals surface area contributed by atoms with Crippen molar-refractivity contribution in [3.63, 3.8) is 0 Å². The van der Waals surface area contributed by atoms with Gasteiger partial charge in [-0.2, -0.15) is 0 Å². The Bertz CT molecular complexity index is 1110. The van der Waals surface area contributed by atoms with Crippen molar-refractivity contribution in [1.82, 2.24) is 0 Å². The third-order valence-electron chi connectivity index (χ3n) is 6.24. The Balaban J connectivity index is 1.36.